The van der Waals surface area contributed by atoms with Crippen molar-refractivity contribution in [2.45, 2.75) is 26.3 Å². The number of nitrogens with zero attached hydrogens (tertiary/aromatic N) is 1. The number of carbonyl (C=O) groups excluding carboxylic acids is 1. The molecule has 0 saturated carbocycles. The summed E-state index contributed by atoms with van der Waals surface area (Å²) in [6, 6.07) is 24.0. The molecular weight excluding hydrogens is 609 g/mol. The molecule has 0 fully saturated rings. The predicted molar refractivity (Wildman–Crippen MR) is 164 cm³/mol. The average Bonchev–Trinajstić information content (AvgIpc) is 3.02. The maximum absolute atomic E-state index is 13.1. The van der Waals surface area contributed by atoms with Crippen molar-refractivity contribution in [1.29, 1.82) is 5.26 Å². The fourth-order valence-corrected chi connectivity index (χ4v) is 4.45. The minimum atomic E-state index is -4.59. The maximum atomic E-state index is 13.1. The summed E-state index contributed by atoms with van der Waals surface area (Å²) < 4.78 is 62.3. The molecule has 1 N–H and O–H groups in total. The minimum Gasteiger partial charge on any atom is -0.493 e. The molecule has 0 aliphatic rings. The van der Waals surface area contributed by atoms with Gasteiger partial charge in [0.1, 0.15) is 24.9 Å². The average molecular weight is 637 g/mol. The van der Waals surface area contributed by atoms with Gasteiger partial charge in [-0.05, 0) is 72.2 Å². The molecule has 0 atom stereocenters. The quantitative estimate of drug-likeness (QED) is 0.124. The predicted octanol–water partition coefficient (Wildman–Crippen LogP) is 8.47. The first-order chi connectivity index (χ1) is 21.6. The molecule has 232 valence electrons. The Balaban J connectivity index is 1.49. The number of nitrogens with one attached hydrogen (secondary N) is 1. The van der Waals surface area contributed by atoms with E-state index in [9.17, 15) is 23.2 Å². The first-order valence-electron chi connectivity index (χ1n) is 13.6. The molecule has 11 heteroatoms. The molecule has 0 aromatic heterocycles. The number of alkyl halides is 3. The number of anilines is 1. The van der Waals surface area contributed by atoms with Crippen LogP contribution in [0.1, 0.15) is 29.2 Å². The number of benzene rings is 4. The highest BCUT2D eigenvalue weighted by Gasteiger charge is 2.30. The van der Waals surface area contributed by atoms with Crippen LogP contribution in [0.5, 0.6) is 23.0 Å². The Kier molecular flexibility index (Phi) is 11.0. The lowest BCUT2D eigenvalue weighted by molar-refractivity contribution is -0.137. The Hall–Kier alpha value is -5.14. The summed E-state index contributed by atoms with van der Waals surface area (Å²) in [5.74, 6) is 0.708. The van der Waals surface area contributed by atoms with Crippen LogP contribution < -0.4 is 24.3 Å². The molecule has 0 aliphatic heterocycles. The van der Waals surface area contributed by atoms with Gasteiger partial charge in [-0.15, -0.1) is 0 Å². The van der Waals surface area contributed by atoms with Crippen LogP contribution in [0.15, 0.2) is 90.5 Å². The number of methoxy groups -OCH3 is 1. The van der Waals surface area contributed by atoms with Gasteiger partial charge in [0.2, 0.25) is 0 Å². The molecule has 0 unspecified atom stereocenters. The molecule has 4 aromatic rings. The summed E-state index contributed by atoms with van der Waals surface area (Å²) in [6.45, 7) is 2.51. The third-order valence-electron chi connectivity index (χ3n) is 6.30. The Labute approximate surface area is 263 Å². The summed E-state index contributed by atoms with van der Waals surface area (Å²) in [5.41, 5.74) is 0.716. The van der Waals surface area contributed by atoms with Gasteiger partial charge in [-0.2, -0.15) is 18.4 Å². The van der Waals surface area contributed by atoms with E-state index in [1.807, 2.05) is 36.4 Å². The highest BCUT2D eigenvalue weighted by Crippen LogP contribution is 2.38. The summed E-state index contributed by atoms with van der Waals surface area (Å²) in [7, 11) is 1.54. The molecule has 0 aliphatic carbocycles. The zero-order valence-corrected chi connectivity index (χ0v) is 25.0. The molecule has 0 radical (unpaired) electrons. The normalized spacial score (nSPS) is 11.4. The molecule has 45 heavy (non-hydrogen) atoms. The summed E-state index contributed by atoms with van der Waals surface area (Å²) >= 11 is 6.55. The first kappa shape index (κ1) is 32.8. The summed E-state index contributed by atoms with van der Waals surface area (Å²) in [5, 5.41) is 12.1. The number of nitriles is 1. The van der Waals surface area contributed by atoms with Crippen LogP contribution in [0, 0.1) is 11.3 Å². The third kappa shape index (κ3) is 8.94. The van der Waals surface area contributed by atoms with Crippen LogP contribution in [-0.2, 0) is 24.2 Å². The van der Waals surface area contributed by atoms with Crippen molar-refractivity contribution in [3.8, 4) is 29.1 Å². The summed E-state index contributed by atoms with van der Waals surface area (Å²) in [6.07, 6.45) is -3.34. The van der Waals surface area contributed by atoms with Gasteiger partial charge in [0.05, 0.1) is 24.3 Å². The zero-order chi connectivity index (χ0) is 32.4. The molecule has 0 heterocycles. The fraction of sp³-hybridized carbons (Fsp3) is 0.176. The molecule has 1 amide bonds. The van der Waals surface area contributed by atoms with Crippen molar-refractivity contribution in [3.63, 3.8) is 0 Å². The number of hydrogen-bond donors (Lipinski definition) is 1. The molecular formula is C34H28ClF3N2O5. The van der Waals surface area contributed by atoms with Crippen molar-refractivity contribution in [1.82, 2.24) is 0 Å². The van der Waals surface area contributed by atoms with E-state index in [-0.39, 0.29) is 41.0 Å². The number of halogens is 4. The van der Waals surface area contributed by atoms with Crippen molar-refractivity contribution >= 4 is 29.3 Å². The van der Waals surface area contributed by atoms with Crippen LogP contribution in [0.3, 0.4) is 0 Å². The van der Waals surface area contributed by atoms with Crippen LogP contribution >= 0.6 is 11.6 Å². The SMILES string of the molecule is CCOc1cc(/C=C(\C#N)C(=O)Nc2cccc(C(F)(F)F)c2)cc(Cl)c1OCc1ccc(OCc2ccccc2)c(OC)c1. The first-order valence-corrected chi connectivity index (χ1v) is 14.0. The van der Waals surface area contributed by atoms with Gasteiger partial charge in [-0.25, -0.2) is 0 Å². The fourth-order valence-electron chi connectivity index (χ4n) is 4.17. The van der Waals surface area contributed by atoms with Crippen molar-refractivity contribution in [2.75, 3.05) is 19.0 Å². The Morgan fingerprint density at radius 2 is 1.64 bits per heavy atom. The van der Waals surface area contributed by atoms with E-state index < -0.39 is 17.6 Å². The van der Waals surface area contributed by atoms with E-state index in [1.165, 1.54) is 18.2 Å². The number of rotatable bonds is 12. The van der Waals surface area contributed by atoms with E-state index in [0.29, 0.717) is 23.7 Å². The van der Waals surface area contributed by atoms with E-state index in [1.54, 1.807) is 38.3 Å². The second kappa shape index (κ2) is 15.0. The monoisotopic (exact) mass is 636 g/mol. The van der Waals surface area contributed by atoms with Crippen LogP contribution in [0.25, 0.3) is 6.08 Å². The lowest BCUT2D eigenvalue weighted by atomic mass is 10.1. The van der Waals surface area contributed by atoms with Crippen LogP contribution in [0.4, 0.5) is 18.9 Å². The molecule has 0 spiro atoms. The van der Waals surface area contributed by atoms with Gasteiger partial charge in [0.25, 0.3) is 5.91 Å². The number of ether oxygens (including phenoxy) is 4. The Morgan fingerprint density at radius 3 is 2.33 bits per heavy atom. The molecule has 4 aromatic carbocycles. The van der Waals surface area contributed by atoms with Gasteiger partial charge >= 0.3 is 6.18 Å². The standard InChI is InChI=1S/C34H28ClF3N2O5/c1-3-43-31-17-24(14-25(19-39)33(41)40-27-11-7-10-26(18-27)34(36,37)38)15-28(35)32(31)45-21-23-12-13-29(30(16-23)42-2)44-20-22-8-5-4-6-9-22/h4-18H,3,20-21H2,1-2H3,(H,40,41)/b25-14+. The smallest absolute Gasteiger partial charge is 0.416 e. The number of amides is 1. The molecule has 7 nitrogen and oxygen atoms in total. The number of hydrogen-bond acceptors (Lipinski definition) is 6. The van der Waals surface area contributed by atoms with E-state index in [2.05, 4.69) is 5.32 Å². The minimum absolute atomic E-state index is 0.104. The van der Waals surface area contributed by atoms with E-state index in [4.69, 9.17) is 30.5 Å². The third-order valence-corrected chi connectivity index (χ3v) is 6.58. The van der Waals surface area contributed by atoms with Crippen molar-refractivity contribution < 1.29 is 36.9 Å². The number of carbonyl (C=O) groups is 1. The van der Waals surface area contributed by atoms with E-state index >= 15 is 0 Å². The molecule has 0 saturated heterocycles. The Morgan fingerprint density at radius 1 is 0.889 bits per heavy atom. The highest BCUT2D eigenvalue weighted by molar-refractivity contribution is 6.32. The van der Waals surface area contributed by atoms with Crippen LogP contribution in [0.2, 0.25) is 5.02 Å². The zero-order valence-electron chi connectivity index (χ0n) is 24.3. The second-order valence-electron chi connectivity index (χ2n) is 9.51. The second-order valence-corrected chi connectivity index (χ2v) is 9.92. The largest absolute Gasteiger partial charge is 0.493 e. The van der Waals surface area contributed by atoms with Gasteiger partial charge in [0, 0.05) is 5.69 Å². The Bertz CT molecular complexity index is 1720. The molecule has 4 rings (SSSR count). The lowest BCUT2D eigenvalue weighted by Crippen LogP contribution is -2.14. The maximum Gasteiger partial charge on any atom is 0.416 e. The van der Waals surface area contributed by atoms with Crippen LogP contribution in [-0.4, -0.2) is 19.6 Å². The highest BCUT2D eigenvalue weighted by atomic mass is 35.5. The van der Waals surface area contributed by atoms with Gasteiger partial charge in [-0.1, -0.05) is 54.1 Å². The topological polar surface area (TPSA) is 89.8 Å². The van der Waals surface area contributed by atoms with Gasteiger partial charge < -0.3 is 24.3 Å². The van der Waals surface area contributed by atoms with Gasteiger partial charge in [0.15, 0.2) is 23.0 Å². The lowest BCUT2D eigenvalue weighted by Gasteiger charge is -2.16. The van der Waals surface area contributed by atoms with Crippen molar-refractivity contribution in [2.24, 2.45) is 0 Å². The summed E-state index contributed by atoms with van der Waals surface area (Å²) in [4.78, 5) is 12.7. The van der Waals surface area contributed by atoms with E-state index in [0.717, 1.165) is 29.3 Å². The van der Waals surface area contributed by atoms with Crippen molar-refractivity contribution in [3.05, 3.63) is 118 Å². The van der Waals surface area contributed by atoms with Gasteiger partial charge in [-0.3, -0.25) is 4.79 Å². The molecule has 0 bridgehead atoms.